The molecule has 0 aliphatic carbocycles. The van der Waals surface area contributed by atoms with E-state index in [9.17, 15) is 4.79 Å². The second-order valence-corrected chi connectivity index (χ2v) is 4.48. The Kier molecular flexibility index (Phi) is 2.79. The van der Waals surface area contributed by atoms with Crippen molar-refractivity contribution in [3.63, 3.8) is 0 Å². The van der Waals surface area contributed by atoms with E-state index < -0.39 is 0 Å². The smallest absolute Gasteiger partial charge is 0.137 e. The summed E-state index contributed by atoms with van der Waals surface area (Å²) in [5, 5.41) is 0.618. The average Bonchev–Trinajstić information content (AvgIpc) is 2.17. The molecule has 0 aromatic heterocycles. The summed E-state index contributed by atoms with van der Waals surface area (Å²) >= 11 is 9.27. The monoisotopic (exact) mass is 274 g/mol. The molecule has 74 valence electrons. The van der Waals surface area contributed by atoms with E-state index in [-0.39, 0.29) is 5.92 Å². The Balaban J connectivity index is 2.56. The minimum absolute atomic E-state index is 0.0891. The van der Waals surface area contributed by atoms with E-state index in [1.165, 1.54) is 0 Å². The molecule has 1 aliphatic rings. The zero-order valence-electron chi connectivity index (χ0n) is 7.30. The van der Waals surface area contributed by atoms with Crippen molar-refractivity contribution in [3.8, 4) is 5.75 Å². The summed E-state index contributed by atoms with van der Waals surface area (Å²) in [6.07, 6.45) is 1.67. The summed E-state index contributed by atoms with van der Waals surface area (Å²) in [7, 11) is 0. The van der Waals surface area contributed by atoms with Crippen LogP contribution >= 0.6 is 27.5 Å². The number of carbonyl (C=O) groups excluding carboxylic acids is 1. The number of benzene rings is 1. The van der Waals surface area contributed by atoms with Gasteiger partial charge in [0.05, 0.1) is 11.1 Å². The highest BCUT2D eigenvalue weighted by Gasteiger charge is 2.23. The maximum Gasteiger partial charge on any atom is 0.137 e. The molecule has 1 unspecified atom stereocenters. The zero-order chi connectivity index (χ0) is 10.1. The topological polar surface area (TPSA) is 26.3 Å². The van der Waals surface area contributed by atoms with Crippen molar-refractivity contribution in [1.82, 2.24) is 0 Å². The van der Waals surface area contributed by atoms with Gasteiger partial charge in [-0.3, -0.25) is 0 Å². The highest BCUT2D eigenvalue weighted by Crippen LogP contribution is 2.40. The van der Waals surface area contributed by atoms with Gasteiger partial charge in [0.25, 0.3) is 0 Å². The molecule has 14 heavy (non-hydrogen) atoms. The van der Waals surface area contributed by atoms with Crippen LogP contribution in [0, 0.1) is 0 Å². The minimum atomic E-state index is -0.0891. The van der Waals surface area contributed by atoms with Gasteiger partial charge in [-0.25, -0.2) is 0 Å². The third-order valence-electron chi connectivity index (χ3n) is 2.28. The van der Waals surface area contributed by atoms with E-state index in [1.807, 2.05) is 0 Å². The van der Waals surface area contributed by atoms with Gasteiger partial charge in [0.2, 0.25) is 0 Å². The summed E-state index contributed by atoms with van der Waals surface area (Å²) in [6, 6.07) is 3.56. The molecular weight excluding hydrogens is 267 g/mol. The predicted molar refractivity (Wildman–Crippen MR) is 58.1 cm³/mol. The van der Waals surface area contributed by atoms with E-state index in [2.05, 4.69) is 15.9 Å². The SMILES string of the molecule is O=CC1CCOc2c(Br)cc(Cl)cc21. The van der Waals surface area contributed by atoms with Gasteiger partial charge in [0.1, 0.15) is 12.0 Å². The van der Waals surface area contributed by atoms with Crippen LogP contribution in [0.15, 0.2) is 16.6 Å². The molecule has 2 rings (SSSR count). The Hall–Kier alpha value is -0.540. The maximum absolute atomic E-state index is 10.8. The van der Waals surface area contributed by atoms with Gasteiger partial charge in [-0.2, -0.15) is 0 Å². The zero-order valence-corrected chi connectivity index (χ0v) is 9.64. The van der Waals surface area contributed by atoms with Crippen molar-refractivity contribution >= 4 is 33.8 Å². The predicted octanol–water partition coefficient (Wildman–Crippen LogP) is 3.17. The lowest BCUT2D eigenvalue weighted by molar-refractivity contribution is -0.109. The van der Waals surface area contributed by atoms with Crippen LogP contribution in [0.2, 0.25) is 5.02 Å². The average molecular weight is 276 g/mol. The highest BCUT2D eigenvalue weighted by atomic mass is 79.9. The molecule has 1 aromatic carbocycles. The second-order valence-electron chi connectivity index (χ2n) is 3.19. The number of fused-ring (bicyclic) bond motifs is 1. The molecule has 1 heterocycles. The molecule has 0 N–H and O–H groups in total. The van der Waals surface area contributed by atoms with Gasteiger partial charge < -0.3 is 9.53 Å². The summed E-state index contributed by atoms with van der Waals surface area (Å²) in [5.41, 5.74) is 0.880. The lowest BCUT2D eigenvalue weighted by Gasteiger charge is -2.23. The minimum Gasteiger partial charge on any atom is -0.492 e. The van der Waals surface area contributed by atoms with E-state index >= 15 is 0 Å². The van der Waals surface area contributed by atoms with Crippen LogP contribution in [0.25, 0.3) is 0 Å². The molecule has 1 aliphatic heterocycles. The third-order valence-corrected chi connectivity index (χ3v) is 3.08. The van der Waals surface area contributed by atoms with Crippen LogP contribution < -0.4 is 4.74 Å². The van der Waals surface area contributed by atoms with Gasteiger partial charge in [0.15, 0.2) is 0 Å². The van der Waals surface area contributed by atoms with Gasteiger partial charge in [-0.1, -0.05) is 11.6 Å². The fourth-order valence-electron chi connectivity index (χ4n) is 1.59. The first kappa shape index (κ1) is 9.99. The van der Waals surface area contributed by atoms with Gasteiger partial charge in [-0.05, 0) is 34.5 Å². The molecule has 2 nitrogen and oxygen atoms in total. The molecular formula is C10H8BrClO2. The van der Waals surface area contributed by atoms with Crippen molar-refractivity contribution in [2.75, 3.05) is 6.61 Å². The first-order valence-electron chi connectivity index (χ1n) is 4.29. The van der Waals surface area contributed by atoms with Crippen LogP contribution in [-0.2, 0) is 4.79 Å². The van der Waals surface area contributed by atoms with Gasteiger partial charge >= 0.3 is 0 Å². The Bertz CT molecular complexity index is 379. The van der Waals surface area contributed by atoms with E-state index in [0.29, 0.717) is 11.6 Å². The largest absolute Gasteiger partial charge is 0.492 e. The number of halogens is 2. The van der Waals surface area contributed by atoms with E-state index in [0.717, 1.165) is 28.5 Å². The van der Waals surface area contributed by atoms with E-state index in [1.54, 1.807) is 12.1 Å². The summed E-state index contributed by atoms with van der Waals surface area (Å²) in [5.74, 6) is 0.659. The molecule has 0 saturated carbocycles. The number of aldehydes is 1. The lowest BCUT2D eigenvalue weighted by Crippen LogP contribution is -2.15. The Morgan fingerprint density at radius 1 is 1.57 bits per heavy atom. The number of rotatable bonds is 1. The van der Waals surface area contributed by atoms with Gasteiger partial charge in [0, 0.05) is 16.5 Å². The molecule has 0 spiro atoms. The fraction of sp³-hybridized carbons (Fsp3) is 0.300. The van der Waals surface area contributed by atoms with Crippen LogP contribution in [0.3, 0.4) is 0 Å². The van der Waals surface area contributed by atoms with Crippen molar-refractivity contribution < 1.29 is 9.53 Å². The number of hydrogen-bond donors (Lipinski definition) is 0. The molecule has 0 bridgehead atoms. The third kappa shape index (κ3) is 1.66. The molecule has 1 atom stereocenters. The van der Waals surface area contributed by atoms with Crippen molar-refractivity contribution in [2.24, 2.45) is 0 Å². The van der Waals surface area contributed by atoms with Gasteiger partial charge in [-0.15, -0.1) is 0 Å². The number of hydrogen-bond acceptors (Lipinski definition) is 2. The molecule has 0 radical (unpaired) electrons. The molecule has 0 amide bonds. The normalized spacial score (nSPS) is 19.7. The second kappa shape index (κ2) is 3.91. The highest BCUT2D eigenvalue weighted by molar-refractivity contribution is 9.10. The van der Waals surface area contributed by atoms with Crippen molar-refractivity contribution in [3.05, 3.63) is 27.2 Å². The number of ether oxygens (including phenoxy) is 1. The standard InChI is InChI=1S/C10H8BrClO2/c11-9-4-7(12)3-8-6(5-13)1-2-14-10(8)9/h3-6H,1-2H2. The Morgan fingerprint density at radius 2 is 2.36 bits per heavy atom. The quantitative estimate of drug-likeness (QED) is 0.736. The van der Waals surface area contributed by atoms with Crippen molar-refractivity contribution in [2.45, 2.75) is 12.3 Å². The molecule has 1 aromatic rings. The van der Waals surface area contributed by atoms with Crippen LogP contribution in [0.5, 0.6) is 5.75 Å². The summed E-state index contributed by atoms with van der Waals surface area (Å²) in [4.78, 5) is 10.8. The molecule has 0 saturated heterocycles. The first-order valence-corrected chi connectivity index (χ1v) is 5.46. The van der Waals surface area contributed by atoms with E-state index in [4.69, 9.17) is 16.3 Å². The summed E-state index contributed by atoms with van der Waals surface area (Å²) in [6.45, 7) is 0.580. The first-order chi connectivity index (χ1) is 6.72. The van der Waals surface area contributed by atoms with Crippen LogP contribution in [-0.4, -0.2) is 12.9 Å². The van der Waals surface area contributed by atoms with Crippen LogP contribution in [0.1, 0.15) is 17.9 Å². The van der Waals surface area contributed by atoms with Crippen LogP contribution in [0.4, 0.5) is 0 Å². The maximum atomic E-state index is 10.8. The number of carbonyl (C=O) groups is 1. The Labute approximate surface area is 95.3 Å². The summed E-state index contributed by atoms with van der Waals surface area (Å²) < 4.78 is 6.29. The van der Waals surface area contributed by atoms with Crippen molar-refractivity contribution in [1.29, 1.82) is 0 Å². The molecule has 0 fully saturated rings. The molecule has 4 heteroatoms. The Morgan fingerprint density at radius 3 is 3.07 bits per heavy atom. The fourth-order valence-corrected chi connectivity index (χ4v) is 2.54. The lowest BCUT2D eigenvalue weighted by atomic mass is 9.95.